The second-order valence-corrected chi connectivity index (χ2v) is 9.22. The van der Waals surface area contributed by atoms with Crippen LogP contribution < -0.4 is 15.1 Å². The SMILES string of the molecule is N[C@@H](Cc1ccc(-c2cc(OC(F)(c3ccccc3-c3cccc(O)c3)C(F)F)nc([As])n2)cc1)C(=O)O. The Balaban J connectivity index is 1.69. The Labute approximate surface area is 224 Å². The zero-order valence-corrected chi connectivity index (χ0v) is 21.5. The molecule has 2 atom stereocenters. The maximum absolute atomic E-state index is 16.1. The van der Waals surface area contributed by atoms with Crippen LogP contribution in [0.4, 0.5) is 13.2 Å². The van der Waals surface area contributed by atoms with Crippen molar-refractivity contribution in [1.29, 1.82) is 0 Å². The molecule has 0 aliphatic carbocycles. The van der Waals surface area contributed by atoms with Gasteiger partial charge in [0.1, 0.15) is 0 Å². The summed E-state index contributed by atoms with van der Waals surface area (Å²) >= 11 is 2.05. The number of benzene rings is 3. The first-order valence-corrected chi connectivity index (χ1v) is 12.2. The van der Waals surface area contributed by atoms with Crippen molar-refractivity contribution in [3.63, 3.8) is 0 Å². The number of ether oxygens (including phenoxy) is 1. The number of aromatic hydroxyl groups is 1. The Morgan fingerprint density at radius 3 is 2.37 bits per heavy atom. The summed E-state index contributed by atoms with van der Waals surface area (Å²) in [6.07, 6.45) is -3.48. The van der Waals surface area contributed by atoms with Gasteiger partial charge in [0.25, 0.3) is 0 Å². The van der Waals surface area contributed by atoms with E-state index in [1.54, 1.807) is 36.4 Å². The number of hydrogen-bond acceptors (Lipinski definition) is 6. The van der Waals surface area contributed by atoms with Gasteiger partial charge in [-0.15, -0.1) is 0 Å². The van der Waals surface area contributed by atoms with E-state index in [1.165, 1.54) is 42.5 Å². The molecule has 0 spiro atoms. The molecule has 0 aliphatic heterocycles. The number of phenolic OH excluding ortho intramolecular Hbond substituents is 1. The normalized spacial score (nSPS) is 13.6. The molecule has 7 nitrogen and oxygen atoms in total. The Morgan fingerprint density at radius 1 is 1.00 bits per heavy atom. The van der Waals surface area contributed by atoms with Crippen LogP contribution in [-0.2, 0) is 17.1 Å². The van der Waals surface area contributed by atoms with Crippen molar-refractivity contribution in [3.05, 3.63) is 90.0 Å². The van der Waals surface area contributed by atoms with Crippen LogP contribution in [0.1, 0.15) is 11.1 Å². The molecule has 4 rings (SSSR count). The Hall–Kier alpha value is -3.88. The zero-order valence-electron chi connectivity index (χ0n) is 19.6. The fourth-order valence-electron chi connectivity index (χ4n) is 3.84. The summed E-state index contributed by atoms with van der Waals surface area (Å²) in [5.74, 6) is -5.23. The van der Waals surface area contributed by atoms with Gasteiger partial charge >= 0.3 is 225 Å². The molecule has 11 heteroatoms. The number of nitrogens with zero attached hydrogens (tertiary/aromatic N) is 2. The monoisotopic (exact) mass is 583 g/mol. The third kappa shape index (κ3) is 5.98. The van der Waals surface area contributed by atoms with E-state index in [0.717, 1.165) is 0 Å². The quantitative estimate of drug-likeness (QED) is 0.257. The fraction of sp³-hybridized carbons (Fsp3) is 0.148. The first kappa shape index (κ1) is 27.2. The summed E-state index contributed by atoms with van der Waals surface area (Å²) in [4.78, 5) is 19.3. The molecular formula is C27H21AsF3N3O4. The zero-order chi connectivity index (χ0) is 27.4. The van der Waals surface area contributed by atoms with Crippen molar-refractivity contribution in [2.24, 2.45) is 5.73 Å². The molecule has 1 aromatic heterocycles. The van der Waals surface area contributed by atoms with Crippen molar-refractivity contribution in [2.75, 3.05) is 0 Å². The molecule has 0 aliphatic rings. The van der Waals surface area contributed by atoms with E-state index in [4.69, 9.17) is 15.6 Å². The number of carboxylic acid groups (broad SMARTS) is 1. The molecule has 4 N–H and O–H groups in total. The number of phenols is 1. The van der Waals surface area contributed by atoms with Gasteiger partial charge in [-0.3, -0.25) is 0 Å². The summed E-state index contributed by atoms with van der Waals surface area (Å²) in [6.45, 7) is 0. The first-order chi connectivity index (χ1) is 18.1. The number of carboxylic acids is 1. The molecule has 3 aromatic carbocycles. The van der Waals surface area contributed by atoms with E-state index in [9.17, 15) is 18.7 Å². The van der Waals surface area contributed by atoms with Gasteiger partial charge in [0.05, 0.1) is 0 Å². The summed E-state index contributed by atoms with van der Waals surface area (Å²) in [5, 5.41) is 18.8. The van der Waals surface area contributed by atoms with Crippen molar-refractivity contribution in [2.45, 2.75) is 24.7 Å². The minimum atomic E-state index is -3.59. The Bertz CT molecular complexity index is 1460. The second kappa shape index (κ2) is 11.2. The van der Waals surface area contributed by atoms with Crippen LogP contribution in [0, 0.1) is 0 Å². The fourth-order valence-corrected chi connectivity index (χ4v) is 4.27. The average Bonchev–Trinajstić information content (AvgIpc) is 2.88. The number of rotatable bonds is 9. The van der Waals surface area contributed by atoms with Gasteiger partial charge in [-0.25, -0.2) is 0 Å². The molecule has 0 fully saturated rings. The number of halogens is 3. The summed E-state index contributed by atoms with van der Waals surface area (Å²) in [5.41, 5.74) is 7.06. The first-order valence-electron chi connectivity index (χ1n) is 11.3. The number of aliphatic carboxylic acids is 1. The maximum atomic E-state index is 16.1. The van der Waals surface area contributed by atoms with Crippen molar-refractivity contribution in [3.8, 4) is 34.0 Å². The molecule has 194 valence electrons. The van der Waals surface area contributed by atoms with Crippen LogP contribution in [0.25, 0.3) is 22.4 Å². The molecule has 0 saturated carbocycles. The topological polar surface area (TPSA) is 119 Å². The summed E-state index contributed by atoms with van der Waals surface area (Å²) in [6, 6.07) is 18.2. The number of nitrogens with two attached hydrogens (primary N) is 1. The van der Waals surface area contributed by atoms with E-state index in [2.05, 4.69) is 9.97 Å². The number of carbonyl (C=O) groups is 1. The van der Waals surface area contributed by atoms with E-state index < -0.39 is 35.7 Å². The van der Waals surface area contributed by atoms with Gasteiger partial charge in [0.2, 0.25) is 0 Å². The van der Waals surface area contributed by atoms with E-state index >= 15 is 4.39 Å². The van der Waals surface area contributed by atoms with E-state index in [0.29, 0.717) is 16.7 Å². The standard InChI is InChI=1S/C27H21AsF3N3O4/c28-26-33-22(16-10-8-15(9-11-16)12-21(32)24(36)37)14-23(34-26)38-27(31,25(29)30)20-7-2-1-6-19(20)17-4-3-5-18(35)13-17/h1-11,13-14,21,25,35H,12,32H2,(H,36,37)/t21-,27?/m0/s1. The van der Waals surface area contributed by atoms with Crippen LogP contribution in [0.5, 0.6) is 11.6 Å². The van der Waals surface area contributed by atoms with Crippen LogP contribution in [0.3, 0.4) is 0 Å². The molecule has 0 amide bonds. The van der Waals surface area contributed by atoms with Gasteiger partial charge in [-0.05, 0) is 0 Å². The van der Waals surface area contributed by atoms with Gasteiger partial charge < -0.3 is 0 Å². The molecule has 1 unspecified atom stereocenters. The molecular weight excluding hydrogens is 562 g/mol. The van der Waals surface area contributed by atoms with Crippen molar-refractivity contribution < 1.29 is 32.9 Å². The van der Waals surface area contributed by atoms with Gasteiger partial charge in [-0.1, -0.05) is 0 Å². The molecule has 2 radical (unpaired) electrons. The second-order valence-electron chi connectivity index (χ2n) is 8.38. The Morgan fingerprint density at radius 2 is 1.71 bits per heavy atom. The summed E-state index contributed by atoms with van der Waals surface area (Å²) in [7, 11) is 0. The molecule has 0 saturated heterocycles. The van der Waals surface area contributed by atoms with Crippen molar-refractivity contribution in [1.82, 2.24) is 9.97 Å². The predicted octanol–water partition coefficient (Wildman–Crippen LogP) is 3.73. The van der Waals surface area contributed by atoms with Crippen molar-refractivity contribution >= 4 is 27.4 Å². The molecule has 38 heavy (non-hydrogen) atoms. The van der Waals surface area contributed by atoms with Crippen LogP contribution in [-0.4, -0.2) is 55.5 Å². The van der Waals surface area contributed by atoms with Crippen LogP contribution in [0.2, 0.25) is 0 Å². The van der Waals surface area contributed by atoms with E-state index in [-0.39, 0.29) is 28.0 Å². The molecule has 4 aromatic rings. The minimum absolute atomic E-state index is 0.0971. The van der Waals surface area contributed by atoms with E-state index in [1.807, 2.05) is 16.9 Å². The Kier molecular flexibility index (Phi) is 8.04. The van der Waals surface area contributed by atoms with Gasteiger partial charge in [-0.2, -0.15) is 0 Å². The number of aromatic nitrogens is 2. The third-order valence-electron chi connectivity index (χ3n) is 5.70. The number of alkyl halides is 3. The average molecular weight is 583 g/mol. The third-order valence-corrected chi connectivity index (χ3v) is 6.12. The molecule has 0 bridgehead atoms. The molecule has 1 heterocycles. The van der Waals surface area contributed by atoms with Crippen LogP contribution >= 0.6 is 0 Å². The van der Waals surface area contributed by atoms with Crippen LogP contribution in [0.15, 0.2) is 78.9 Å². The summed E-state index contributed by atoms with van der Waals surface area (Å²) < 4.78 is 50.1. The van der Waals surface area contributed by atoms with Gasteiger partial charge in [0, 0.05) is 0 Å². The van der Waals surface area contributed by atoms with Gasteiger partial charge in [0.15, 0.2) is 0 Å². The number of hydrogen-bond donors (Lipinski definition) is 3. The predicted molar refractivity (Wildman–Crippen MR) is 135 cm³/mol.